The van der Waals surface area contributed by atoms with Crippen molar-refractivity contribution in [3.05, 3.63) is 95.7 Å². The third-order valence-electron chi connectivity index (χ3n) is 4.40. The lowest BCUT2D eigenvalue weighted by atomic mass is 10.0. The summed E-state index contributed by atoms with van der Waals surface area (Å²) in [5.74, 6) is -1.86. The molecule has 0 aliphatic rings. The molecule has 6 heteroatoms. The molecule has 4 aromatic rings. The van der Waals surface area contributed by atoms with Gasteiger partial charge in [-0.25, -0.2) is 4.39 Å². The van der Waals surface area contributed by atoms with Crippen molar-refractivity contribution < 1.29 is 14.0 Å². The molecule has 0 atom stereocenters. The number of rotatable bonds is 5. The first kappa shape index (κ1) is 17.6. The van der Waals surface area contributed by atoms with Crippen LogP contribution in [0.15, 0.2) is 72.9 Å². The highest BCUT2D eigenvalue weighted by Gasteiger charge is 2.24. The van der Waals surface area contributed by atoms with Gasteiger partial charge >= 0.3 is 0 Å². The number of nitrogens with one attached hydrogen (secondary N) is 2. The number of fused-ring (bicyclic) bond motifs is 1. The number of halogens is 1. The van der Waals surface area contributed by atoms with E-state index in [-0.39, 0.29) is 0 Å². The summed E-state index contributed by atoms with van der Waals surface area (Å²) in [6.45, 7) is 0. The Bertz CT molecular complexity index is 1150. The van der Waals surface area contributed by atoms with Crippen molar-refractivity contribution in [3.8, 4) is 0 Å². The summed E-state index contributed by atoms with van der Waals surface area (Å²) in [6.07, 6.45) is 2.07. The maximum atomic E-state index is 13.1. The number of amides is 1. The number of aromatic amines is 1. The van der Waals surface area contributed by atoms with Crippen molar-refractivity contribution in [2.45, 2.75) is 6.42 Å². The molecule has 2 aromatic carbocycles. The smallest absolute Gasteiger partial charge is 0.296 e. The standard InChI is InChI=1S/C22H16FN3O2/c23-14-8-10-15(11-9-14)25-22(28)21(27)20-17-6-1-2-7-18(17)26-19(20)13-16-5-3-4-12-24-16/h1-12,26H,13H2,(H,25,28). The normalized spacial score (nSPS) is 10.8. The minimum absolute atomic E-state index is 0.320. The van der Waals surface area contributed by atoms with Crippen LogP contribution in [0.4, 0.5) is 10.1 Å². The van der Waals surface area contributed by atoms with Crippen LogP contribution in [0.25, 0.3) is 10.9 Å². The van der Waals surface area contributed by atoms with E-state index >= 15 is 0 Å². The van der Waals surface area contributed by atoms with Crippen LogP contribution >= 0.6 is 0 Å². The van der Waals surface area contributed by atoms with Crippen LogP contribution in [0.1, 0.15) is 21.7 Å². The molecule has 2 N–H and O–H groups in total. The predicted octanol–water partition coefficient (Wildman–Crippen LogP) is 4.11. The van der Waals surface area contributed by atoms with Crippen molar-refractivity contribution >= 4 is 28.3 Å². The number of carbonyl (C=O) groups excluding carboxylic acids is 2. The minimum Gasteiger partial charge on any atom is -0.357 e. The van der Waals surface area contributed by atoms with Gasteiger partial charge in [-0.3, -0.25) is 14.6 Å². The molecule has 0 radical (unpaired) electrons. The van der Waals surface area contributed by atoms with Crippen LogP contribution < -0.4 is 5.32 Å². The molecule has 4 rings (SSSR count). The number of para-hydroxylation sites is 1. The molecular formula is C22H16FN3O2. The second-order valence-electron chi connectivity index (χ2n) is 6.31. The van der Waals surface area contributed by atoms with E-state index in [1.54, 1.807) is 12.3 Å². The van der Waals surface area contributed by atoms with Crippen molar-refractivity contribution in [2.24, 2.45) is 0 Å². The molecule has 2 heterocycles. The Balaban J connectivity index is 1.69. The maximum Gasteiger partial charge on any atom is 0.296 e. The number of aromatic nitrogens is 2. The van der Waals surface area contributed by atoms with Crippen molar-refractivity contribution in [1.29, 1.82) is 0 Å². The topological polar surface area (TPSA) is 74.8 Å². The van der Waals surface area contributed by atoms with Gasteiger partial charge in [-0.2, -0.15) is 0 Å². The molecule has 5 nitrogen and oxygen atoms in total. The summed E-state index contributed by atoms with van der Waals surface area (Å²) < 4.78 is 13.1. The van der Waals surface area contributed by atoms with Gasteiger partial charge < -0.3 is 10.3 Å². The Morgan fingerprint density at radius 2 is 1.71 bits per heavy atom. The van der Waals surface area contributed by atoms with Gasteiger partial charge in [0.2, 0.25) is 0 Å². The number of anilines is 1. The van der Waals surface area contributed by atoms with Gasteiger partial charge in [0.15, 0.2) is 0 Å². The van der Waals surface area contributed by atoms with E-state index < -0.39 is 17.5 Å². The van der Waals surface area contributed by atoms with Crippen molar-refractivity contribution in [3.63, 3.8) is 0 Å². The first-order valence-electron chi connectivity index (χ1n) is 8.72. The summed E-state index contributed by atoms with van der Waals surface area (Å²) in [5, 5.41) is 3.20. The Morgan fingerprint density at radius 1 is 0.964 bits per heavy atom. The van der Waals surface area contributed by atoms with E-state index in [1.807, 2.05) is 36.4 Å². The molecule has 1 amide bonds. The molecule has 2 aromatic heterocycles. The Hall–Kier alpha value is -3.80. The molecule has 0 unspecified atom stereocenters. The van der Waals surface area contributed by atoms with Gasteiger partial charge in [0.1, 0.15) is 5.82 Å². The van der Waals surface area contributed by atoms with Gasteiger partial charge in [-0.1, -0.05) is 24.3 Å². The third kappa shape index (κ3) is 3.53. The van der Waals surface area contributed by atoms with Crippen LogP contribution in [-0.4, -0.2) is 21.7 Å². The Labute approximate surface area is 160 Å². The van der Waals surface area contributed by atoms with Crippen molar-refractivity contribution in [2.75, 3.05) is 5.32 Å². The van der Waals surface area contributed by atoms with Gasteiger partial charge in [0.25, 0.3) is 11.7 Å². The van der Waals surface area contributed by atoms with E-state index in [0.717, 1.165) is 11.2 Å². The SMILES string of the molecule is O=C(Nc1ccc(F)cc1)C(=O)c1c(Cc2ccccn2)[nH]c2ccccc12. The third-order valence-corrected chi connectivity index (χ3v) is 4.40. The van der Waals surface area contributed by atoms with Gasteiger partial charge in [-0.15, -0.1) is 0 Å². The van der Waals surface area contributed by atoms with Gasteiger partial charge in [0, 0.05) is 40.6 Å². The lowest BCUT2D eigenvalue weighted by Crippen LogP contribution is -2.23. The number of Topliss-reactive ketones (excluding diaryl/α,β-unsaturated/α-hetero) is 1. The molecule has 0 spiro atoms. The summed E-state index contributed by atoms with van der Waals surface area (Å²) >= 11 is 0. The molecule has 0 fully saturated rings. The fraction of sp³-hybridized carbons (Fsp3) is 0.0455. The number of pyridine rings is 1. The van der Waals surface area contributed by atoms with Crippen LogP contribution in [-0.2, 0) is 11.2 Å². The van der Waals surface area contributed by atoms with E-state index in [0.29, 0.717) is 28.8 Å². The Kier molecular flexibility index (Phi) is 4.68. The van der Waals surface area contributed by atoms with E-state index in [1.165, 1.54) is 24.3 Å². The highest BCUT2D eigenvalue weighted by Crippen LogP contribution is 2.25. The number of hydrogen-bond donors (Lipinski definition) is 2. The second-order valence-corrected chi connectivity index (χ2v) is 6.31. The van der Waals surface area contributed by atoms with Crippen LogP contribution in [0.3, 0.4) is 0 Å². The predicted molar refractivity (Wildman–Crippen MR) is 105 cm³/mol. The number of hydrogen-bond acceptors (Lipinski definition) is 3. The lowest BCUT2D eigenvalue weighted by Gasteiger charge is -2.06. The van der Waals surface area contributed by atoms with E-state index in [4.69, 9.17) is 0 Å². The fourth-order valence-electron chi connectivity index (χ4n) is 3.11. The largest absolute Gasteiger partial charge is 0.357 e. The number of benzene rings is 2. The number of H-pyrrole nitrogens is 1. The number of ketones is 1. The maximum absolute atomic E-state index is 13.1. The summed E-state index contributed by atoms with van der Waals surface area (Å²) in [6, 6.07) is 18.1. The van der Waals surface area contributed by atoms with Gasteiger partial charge in [0.05, 0.1) is 5.56 Å². The average molecular weight is 373 g/mol. The van der Waals surface area contributed by atoms with Crippen molar-refractivity contribution in [1.82, 2.24) is 9.97 Å². The molecular weight excluding hydrogens is 357 g/mol. The lowest BCUT2D eigenvalue weighted by molar-refractivity contribution is -0.112. The molecule has 138 valence electrons. The van der Waals surface area contributed by atoms with E-state index in [2.05, 4.69) is 15.3 Å². The minimum atomic E-state index is -0.779. The zero-order valence-corrected chi connectivity index (χ0v) is 14.8. The summed E-state index contributed by atoms with van der Waals surface area (Å²) in [5.41, 5.74) is 2.85. The molecule has 28 heavy (non-hydrogen) atoms. The molecule has 0 aliphatic carbocycles. The zero-order valence-electron chi connectivity index (χ0n) is 14.8. The monoisotopic (exact) mass is 373 g/mol. The molecule has 0 saturated carbocycles. The average Bonchev–Trinajstić information content (AvgIpc) is 3.07. The first-order valence-corrected chi connectivity index (χ1v) is 8.72. The highest BCUT2D eigenvalue weighted by atomic mass is 19.1. The van der Waals surface area contributed by atoms with Crippen LogP contribution in [0.2, 0.25) is 0 Å². The summed E-state index contributed by atoms with van der Waals surface area (Å²) in [7, 11) is 0. The zero-order chi connectivity index (χ0) is 19.5. The van der Waals surface area contributed by atoms with Crippen LogP contribution in [0, 0.1) is 5.82 Å². The Morgan fingerprint density at radius 3 is 2.46 bits per heavy atom. The van der Waals surface area contributed by atoms with E-state index in [9.17, 15) is 14.0 Å². The quantitative estimate of drug-likeness (QED) is 0.408. The second kappa shape index (κ2) is 7.44. The first-order chi connectivity index (χ1) is 13.6. The molecule has 0 aliphatic heterocycles. The van der Waals surface area contributed by atoms with Crippen LogP contribution in [0.5, 0.6) is 0 Å². The fourth-order valence-corrected chi connectivity index (χ4v) is 3.11. The summed E-state index contributed by atoms with van der Waals surface area (Å²) in [4.78, 5) is 33.1. The van der Waals surface area contributed by atoms with Gasteiger partial charge in [-0.05, 0) is 42.5 Å². The molecule has 0 bridgehead atoms. The number of carbonyl (C=O) groups is 2. The molecule has 0 saturated heterocycles. The highest BCUT2D eigenvalue weighted by molar-refractivity contribution is 6.48. The number of nitrogens with zero attached hydrogens (tertiary/aromatic N) is 1.